The van der Waals surface area contributed by atoms with Crippen molar-refractivity contribution in [2.24, 2.45) is 0 Å². The maximum Gasteiger partial charge on any atom is 0.254 e. The predicted molar refractivity (Wildman–Crippen MR) is 81.1 cm³/mol. The van der Waals surface area contributed by atoms with Crippen molar-refractivity contribution in [2.45, 2.75) is 39.2 Å². The van der Waals surface area contributed by atoms with E-state index in [1.54, 1.807) is 11.8 Å². The molecule has 4 nitrogen and oxygen atoms in total. The first-order chi connectivity index (χ1) is 9.43. The lowest BCUT2D eigenvalue weighted by molar-refractivity contribution is 0.0571. The Hall–Kier alpha value is -1.55. The van der Waals surface area contributed by atoms with Crippen LogP contribution in [0.25, 0.3) is 0 Å². The van der Waals surface area contributed by atoms with Crippen LogP contribution in [0.4, 0.5) is 5.69 Å². The fourth-order valence-corrected chi connectivity index (χ4v) is 2.57. The van der Waals surface area contributed by atoms with Crippen LogP contribution in [0.1, 0.15) is 42.6 Å². The van der Waals surface area contributed by atoms with Gasteiger partial charge in [0, 0.05) is 30.9 Å². The van der Waals surface area contributed by atoms with E-state index in [9.17, 15) is 9.90 Å². The lowest BCUT2D eigenvalue weighted by Gasteiger charge is -2.20. The minimum absolute atomic E-state index is 0.0160. The molecule has 4 heteroatoms. The number of likely N-dealkylation sites (tertiary alicyclic amines) is 1. The Morgan fingerprint density at radius 3 is 2.80 bits per heavy atom. The van der Waals surface area contributed by atoms with E-state index in [1.165, 1.54) is 0 Å². The summed E-state index contributed by atoms with van der Waals surface area (Å²) in [5.41, 5.74) is 2.01. The molecule has 0 radical (unpaired) electrons. The van der Waals surface area contributed by atoms with Gasteiger partial charge in [-0.2, -0.15) is 0 Å². The minimum Gasteiger partial charge on any atom is -0.388 e. The smallest absolute Gasteiger partial charge is 0.254 e. The molecule has 1 heterocycles. The highest BCUT2D eigenvalue weighted by molar-refractivity contribution is 5.96. The van der Waals surface area contributed by atoms with Crippen molar-refractivity contribution in [3.63, 3.8) is 0 Å². The number of nitrogens with zero attached hydrogens (tertiary/aromatic N) is 1. The van der Waals surface area contributed by atoms with Crippen LogP contribution in [0, 0.1) is 6.92 Å². The first kappa shape index (κ1) is 14.9. The summed E-state index contributed by atoms with van der Waals surface area (Å²) >= 11 is 0. The van der Waals surface area contributed by atoms with Gasteiger partial charge in [-0.25, -0.2) is 0 Å². The van der Waals surface area contributed by atoms with Crippen LogP contribution in [0.2, 0.25) is 0 Å². The summed E-state index contributed by atoms with van der Waals surface area (Å²) in [5.74, 6) is 0.0160. The van der Waals surface area contributed by atoms with Crippen LogP contribution in [0.3, 0.4) is 0 Å². The summed E-state index contributed by atoms with van der Waals surface area (Å²) in [7, 11) is 0. The molecule has 2 N–H and O–H groups in total. The van der Waals surface area contributed by atoms with Gasteiger partial charge in [0.15, 0.2) is 0 Å². The number of carbonyl (C=O) groups is 1. The second-order valence-electron chi connectivity index (χ2n) is 5.93. The van der Waals surface area contributed by atoms with Gasteiger partial charge in [0.05, 0.1) is 5.60 Å². The molecular weight excluding hydrogens is 252 g/mol. The zero-order chi connectivity index (χ0) is 14.8. The Kier molecular flexibility index (Phi) is 4.33. The number of hydrogen-bond acceptors (Lipinski definition) is 3. The normalized spacial score (nSPS) is 22.1. The van der Waals surface area contributed by atoms with Gasteiger partial charge in [-0.05, 0) is 50.5 Å². The van der Waals surface area contributed by atoms with Gasteiger partial charge in [0.1, 0.15) is 0 Å². The number of nitrogens with one attached hydrogen (secondary N) is 1. The fraction of sp³-hybridized carbons (Fsp3) is 0.562. The van der Waals surface area contributed by atoms with E-state index < -0.39 is 5.60 Å². The summed E-state index contributed by atoms with van der Waals surface area (Å²) in [6.45, 7) is 7.84. The summed E-state index contributed by atoms with van der Waals surface area (Å²) in [5, 5.41) is 13.3. The molecule has 110 valence electrons. The zero-order valence-corrected chi connectivity index (χ0v) is 12.6. The molecule has 1 aromatic carbocycles. The molecule has 0 saturated carbocycles. The molecule has 20 heavy (non-hydrogen) atoms. The number of benzene rings is 1. The van der Waals surface area contributed by atoms with E-state index in [-0.39, 0.29) is 5.91 Å². The standard InChI is InChI=1S/C16H24N2O2/c1-4-8-17-13-5-6-14(12(2)10-13)15(19)18-9-7-16(3,20)11-18/h5-6,10,17,20H,4,7-9,11H2,1-3H3. The number of rotatable bonds is 4. The zero-order valence-electron chi connectivity index (χ0n) is 12.6. The number of amides is 1. The van der Waals surface area contributed by atoms with E-state index in [1.807, 2.05) is 25.1 Å². The van der Waals surface area contributed by atoms with Gasteiger partial charge in [-0.3, -0.25) is 4.79 Å². The second-order valence-corrected chi connectivity index (χ2v) is 5.93. The fourth-order valence-electron chi connectivity index (χ4n) is 2.57. The van der Waals surface area contributed by atoms with Crippen molar-refractivity contribution in [3.8, 4) is 0 Å². The number of β-amino-alcohol motifs (C(OH)–C–C–N with tert-alkyl or cyclic N) is 1. The largest absolute Gasteiger partial charge is 0.388 e. The van der Waals surface area contributed by atoms with E-state index in [0.717, 1.165) is 29.8 Å². The lowest BCUT2D eigenvalue weighted by atomic mass is 10.1. The number of anilines is 1. The highest BCUT2D eigenvalue weighted by Crippen LogP contribution is 2.24. The molecule has 1 amide bonds. The van der Waals surface area contributed by atoms with Gasteiger partial charge in [0.25, 0.3) is 5.91 Å². The van der Waals surface area contributed by atoms with E-state index in [4.69, 9.17) is 0 Å². The van der Waals surface area contributed by atoms with Crippen molar-refractivity contribution in [1.82, 2.24) is 4.90 Å². The Balaban J connectivity index is 2.11. The molecule has 1 unspecified atom stereocenters. The summed E-state index contributed by atoms with van der Waals surface area (Å²) < 4.78 is 0. The van der Waals surface area contributed by atoms with E-state index in [0.29, 0.717) is 19.5 Å². The van der Waals surface area contributed by atoms with Crippen molar-refractivity contribution < 1.29 is 9.90 Å². The van der Waals surface area contributed by atoms with E-state index >= 15 is 0 Å². The van der Waals surface area contributed by atoms with Crippen LogP contribution < -0.4 is 5.32 Å². The third-order valence-electron chi connectivity index (χ3n) is 3.77. The molecule has 1 aliphatic heterocycles. The molecule has 1 aliphatic rings. The van der Waals surface area contributed by atoms with Crippen LogP contribution >= 0.6 is 0 Å². The van der Waals surface area contributed by atoms with Crippen molar-refractivity contribution >= 4 is 11.6 Å². The van der Waals surface area contributed by atoms with Gasteiger partial charge < -0.3 is 15.3 Å². The van der Waals surface area contributed by atoms with Crippen LogP contribution in [-0.2, 0) is 0 Å². The quantitative estimate of drug-likeness (QED) is 0.888. The number of carbonyl (C=O) groups excluding carboxylic acids is 1. The molecule has 0 spiro atoms. The maximum atomic E-state index is 12.5. The Labute approximate surface area is 120 Å². The Morgan fingerprint density at radius 2 is 2.25 bits per heavy atom. The van der Waals surface area contributed by atoms with Crippen molar-refractivity contribution in [3.05, 3.63) is 29.3 Å². The average molecular weight is 276 g/mol. The summed E-state index contributed by atoms with van der Waals surface area (Å²) in [6, 6.07) is 5.84. The Morgan fingerprint density at radius 1 is 1.50 bits per heavy atom. The first-order valence-electron chi connectivity index (χ1n) is 7.29. The monoisotopic (exact) mass is 276 g/mol. The summed E-state index contributed by atoms with van der Waals surface area (Å²) in [6.07, 6.45) is 1.72. The molecule has 0 aliphatic carbocycles. The Bertz CT molecular complexity index is 497. The molecule has 1 saturated heterocycles. The van der Waals surface area contributed by atoms with Crippen LogP contribution in [0.5, 0.6) is 0 Å². The third kappa shape index (κ3) is 3.31. The number of aryl methyl sites for hydroxylation is 1. The first-order valence-corrected chi connectivity index (χ1v) is 7.29. The van der Waals surface area contributed by atoms with E-state index in [2.05, 4.69) is 12.2 Å². The highest BCUT2D eigenvalue weighted by atomic mass is 16.3. The molecule has 0 bridgehead atoms. The van der Waals surface area contributed by atoms with Crippen molar-refractivity contribution in [1.29, 1.82) is 0 Å². The van der Waals surface area contributed by atoms with Crippen LogP contribution in [0.15, 0.2) is 18.2 Å². The van der Waals surface area contributed by atoms with Gasteiger partial charge >= 0.3 is 0 Å². The van der Waals surface area contributed by atoms with Crippen molar-refractivity contribution in [2.75, 3.05) is 25.0 Å². The molecule has 2 rings (SSSR count). The van der Waals surface area contributed by atoms with Crippen LogP contribution in [-0.4, -0.2) is 41.1 Å². The minimum atomic E-state index is -0.744. The number of aliphatic hydroxyl groups is 1. The molecule has 1 aromatic rings. The van der Waals surface area contributed by atoms with Gasteiger partial charge in [-0.1, -0.05) is 6.92 Å². The molecule has 1 atom stereocenters. The molecular formula is C16H24N2O2. The topological polar surface area (TPSA) is 52.6 Å². The SMILES string of the molecule is CCCNc1ccc(C(=O)N2CCC(C)(O)C2)c(C)c1. The second kappa shape index (κ2) is 5.83. The third-order valence-corrected chi connectivity index (χ3v) is 3.77. The molecule has 1 fully saturated rings. The average Bonchev–Trinajstić information content (AvgIpc) is 2.76. The predicted octanol–water partition coefficient (Wildman–Crippen LogP) is 2.41. The van der Waals surface area contributed by atoms with Gasteiger partial charge in [0.2, 0.25) is 0 Å². The maximum absolute atomic E-state index is 12.5. The number of hydrogen-bond donors (Lipinski definition) is 2. The van der Waals surface area contributed by atoms with Gasteiger partial charge in [-0.15, -0.1) is 0 Å². The molecule has 0 aromatic heterocycles. The summed E-state index contributed by atoms with van der Waals surface area (Å²) in [4.78, 5) is 14.2. The lowest BCUT2D eigenvalue weighted by Crippen LogP contribution is -2.34. The highest BCUT2D eigenvalue weighted by Gasteiger charge is 2.34.